The van der Waals surface area contributed by atoms with Gasteiger partial charge in [0.1, 0.15) is 24.7 Å². The summed E-state index contributed by atoms with van der Waals surface area (Å²) in [5, 5.41) is 10.8. The van der Waals surface area contributed by atoms with Crippen molar-refractivity contribution in [3.05, 3.63) is 53.5 Å². The number of nitrogens with zero attached hydrogens (tertiary/aromatic N) is 4. The number of nitrogens with two attached hydrogens (primary N) is 1. The first kappa shape index (κ1) is 23.0. The van der Waals surface area contributed by atoms with E-state index < -0.39 is 5.91 Å². The van der Waals surface area contributed by atoms with Gasteiger partial charge in [-0.05, 0) is 31.2 Å². The lowest BCUT2D eigenvalue weighted by atomic mass is 10.2. The van der Waals surface area contributed by atoms with Gasteiger partial charge in [0.25, 0.3) is 5.91 Å². The average Bonchev–Trinajstić information content (AvgIpc) is 3.45. The monoisotopic (exact) mass is 492 g/mol. The Balaban J connectivity index is 1.35. The molecule has 186 valence electrons. The zero-order valence-corrected chi connectivity index (χ0v) is 19.9. The van der Waals surface area contributed by atoms with Crippen LogP contribution in [0.15, 0.2) is 40.8 Å². The maximum Gasteiger partial charge on any atom is 0.280 e. The van der Waals surface area contributed by atoms with Gasteiger partial charge in [-0.25, -0.2) is 9.67 Å². The lowest BCUT2D eigenvalue weighted by molar-refractivity contribution is 0.102. The van der Waals surface area contributed by atoms with Gasteiger partial charge in [0.2, 0.25) is 5.89 Å². The molecule has 0 saturated heterocycles. The van der Waals surface area contributed by atoms with E-state index in [-0.39, 0.29) is 18.1 Å². The molecular formula is C24H24N6O6. The molecule has 4 aromatic rings. The Morgan fingerprint density at radius 2 is 1.94 bits per heavy atom. The number of benzene rings is 2. The van der Waals surface area contributed by atoms with Crippen molar-refractivity contribution in [3.8, 4) is 34.5 Å². The van der Waals surface area contributed by atoms with Crippen LogP contribution >= 0.6 is 0 Å². The summed E-state index contributed by atoms with van der Waals surface area (Å²) < 4.78 is 29.2. The summed E-state index contributed by atoms with van der Waals surface area (Å²) in [5.74, 6) is 2.75. The van der Waals surface area contributed by atoms with E-state index >= 15 is 0 Å². The highest BCUT2D eigenvalue weighted by molar-refractivity contribution is 6.05. The van der Waals surface area contributed by atoms with Gasteiger partial charge in [0.05, 0.1) is 26.3 Å². The Hall–Kier alpha value is -4.74. The van der Waals surface area contributed by atoms with Gasteiger partial charge >= 0.3 is 0 Å². The molecule has 5 rings (SSSR count). The molecule has 1 aliphatic rings. The molecule has 0 spiro atoms. The minimum atomic E-state index is -0.505. The molecule has 2 aromatic carbocycles. The Labute approximate surface area is 205 Å². The molecule has 12 heteroatoms. The van der Waals surface area contributed by atoms with Crippen molar-refractivity contribution < 1.29 is 28.2 Å². The smallest absolute Gasteiger partial charge is 0.280 e. The maximum atomic E-state index is 12.8. The lowest BCUT2D eigenvalue weighted by Crippen LogP contribution is -2.17. The maximum absolute atomic E-state index is 12.8. The first-order valence-electron chi connectivity index (χ1n) is 11.1. The molecule has 0 bridgehead atoms. The number of oxazole rings is 1. The zero-order chi connectivity index (χ0) is 25.2. The predicted molar refractivity (Wildman–Crippen MR) is 129 cm³/mol. The number of rotatable bonds is 7. The molecule has 0 fully saturated rings. The molecule has 0 saturated carbocycles. The molecule has 0 aliphatic carbocycles. The van der Waals surface area contributed by atoms with E-state index in [0.29, 0.717) is 64.8 Å². The standard InChI is InChI=1S/C24H24N6O6/c1-13-16(27-24(36-13)15-5-4-6-18(32-2)21(15)33-3)12-30-22(25)20(28-29-30)23(31)26-14-7-8-17-19(11-14)35-10-9-34-17/h4-8,11H,9-10,12,25H2,1-3H3,(H,26,31). The van der Waals surface area contributed by atoms with Gasteiger partial charge < -0.3 is 34.4 Å². The Morgan fingerprint density at radius 1 is 1.14 bits per heavy atom. The number of para-hydroxylation sites is 1. The third-order valence-electron chi connectivity index (χ3n) is 5.61. The van der Waals surface area contributed by atoms with Crippen LogP contribution in [0.1, 0.15) is 21.9 Å². The van der Waals surface area contributed by atoms with E-state index in [9.17, 15) is 4.79 Å². The largest absolute Gasteiger partial charge is 0.493 e. The third-order valence-corrected chi connectivity index (χ3v) is 5.61. The van der Waals surface area contributed by atoms with Crippen molar-refractivity contribution in [2.45, 2.75) is 13.5 Å². The minimum Gasteiger partial charge on any atom is -0.493 e. The van der Waals surface area contributed by atoms with Crippen molar-refractivity contribution in [1.29, 1.82) is 0 Å². The van der Waals surface area contributed by atoms with E-state index in [1.165, 1.54) is 4.68 Å². The second-order valence-electron chi connectivity index (χ2n) is 7.86. The van der Waals surface area contributed by atoms with Crippen LogP contribution in [0.4, 0.5) is 11.5 Å². The van der Waals surface area contributed by atoms with Crippen molar-refractivity contribution in [1.82, 2.24) is 20.0 Å². The van der Waals surface area contributed by atoms with Crippen molar-refractivity contribution >= 4 is 17.4 Å². The second-order valence-corrected chi connectivity index (χ2v) is 7.86. The molecule has 36 heavy (non-hydrogen) atoms. The number of carbonyl (C=O) groups is 1. The summed E-state index contributed by atoms with van der Waals surface area (Å²) in [7, 11) is 3.11. The van der Waals surface area contributed by atoms with Gasteiger partial charge in [-0.3, -0.25) is 4.79 Å². The molecule has 3 N–H and O–H groups in total. The van der Waals surface area contributed by atoms with Crippen LogP contribution in [0.3, 0.4) is 0 Å². The third kappa shape index (κ3) is 4.24. The number of aryl methyl sites for hydroxylation is 1. The van der Waals surface area contributed by atoms with Crippen LogP contribution in [-0.2, 0) is 6.54 Å². The highest BCUT2D eigenvalue weighted by Crippen LogP contribution is 2.38. The van der Waals surface area contributed by atoms with Crippen molar-refractivity contribution in [2.75, 3.05) is 38.5 Å². The summed E-state index contributed by atoms with van der Waals surface area (Å²) in [6, 6.07) is 10.5. The Bertz CT molecular complexity index is 1430. The molecule has 2 aromatic heterocycles. The van der Waals surface area contributed by atoms with Gasteiger partial charge in [0, 0.05) is 11.8 Å². The normalized spacial score (nSPS) is 12.3. The number of amides is 1. The molecule has 1 aliphatic heterocycles. The molecule has 0 radical (unpaired) electrons. The van der Waals surface area contributed by atoms with E-state index in [1.807, 2.05) is 12.1 Å². The van der Waals surface area contributed by atoms with Gasteiger partial charge in [0.15, 0.2) is 34.5 Å². The molecule has 12 nitrogen and oxygen atoms in total. The summed E-state index contributed by atoms with van der Waals surface area (Å²) in [6.45, 7) is 2.86. The number of nitrogen functional groups attached to an aromatic ring is 1. The summed E-state index contributed by atoms with van der Waals surface area (Å²) >= 11 is 0. The lowest BCUT2D eigenvalue weighted by Gasteiger charge is -2.18. The number of anilines is 2. The first-order chi connectivity index (χ1) is 17.5. The van der Waals surface area contributed by atoms with Crippen LogP contribution in [0.25, 0.3) is 11.5 Å². The second kappa shape index (κ2) is 9.49. The molecular weight excluding hydrogens is 468 g/mol. The van der Waals surface area contributed by atoms with Crippen molar-refractivity contribution in [2.24, 2.45) is 0 Å². The van der Waals surface area contributed by atoms with Crippen LogP contribution in [0.5, 0.6) is 23.0 Å². The van der Waals surface area contributed by atoms with Crippen LogP contribution in [0, 0.1) is 6.92 Å². The molecule has 0 unspecified atom stereocenters. The number of carbonyl (C=O) groups excluding carboxylic acids is 1. The topological polar surface area (TPSA) is 149 Å². The fourth-order valence-electron chi connectivity index (χ4n) is 3.80. The number of hydrogen-bond acceptors (Lipinski definition) is 10. The number of aromatic nitrogens is 4. The fourth-order valence-corrected chi connectivity index (χ4v) is 3.80. The quantitative estimate of drug-likeness (QED) is 0.394. The summed E-state index contributed by atoms with van der Waals surface area (Å²) in [4.78, 5) is 17.4. The fraction of sp³-hybridized carbons (Fsp3) is 0.250. The van der Waals surface area contributed by atoms with E-state index in [0.717, 1.165) is 0 Å². The van der Waals surface area contributed by atoms with Gasteiger partial charge in [-0.2, -0.15) is 0 Å². The molecule has 1 amide bonds. The van der Waals surface area contributed by atoms with Gasteiger partial charge in [-0.1, -0.05) is 11.3 Å². The zero-order valence-electron chi connectivity index (χ0n) is 19.9. The highest BCUT2D eigenvalue weighted by atomic mass is 16.6. The average molecular weight is 492 g/mol. The number of ether oxygens (including phenoxy) is 4. The Morgan fingerprint density at radius 3 is 2.72 bits per heavy atom. The highest BCUT2D eigenvalue weighted by Gasteiger charge is 2.22. The van der Waals surface area contributed by atoms with Crippen LogP contribution in [0.2, 0.25) is 0 Å². The number of nitrogens with one attached hydrogen (secondary N) is 1. The first-order valence-corrected chi connectivity index (χ1v) is 11.1. The number of methoxy groups -OCH3 is 2. The van der Waals surface area contributed by atoms with Crippen LogP contribution in [-0.4, -0.2) is 53.3 Å². The SMILES string of the molecule is COc1cccc(-c2nc(Cn3nnc(C(=O)Nc4ccc5c(c4)OCCO5)c3N)c(C)o2)c1OC. The molecule has 3 heterocycles. The van der Waals surface area contributed by atoms with E-state index in [2.05, 4.69) is 20.6 Å². The van der Waals surface area contributed by atoms with Crippen molar-refractivity contribution in [3.63, 3.8) is 0 Å². The number of hydrogen-bond donors (Lipinski definition) is 2. The molecule has 0 atom stereocenters. The predicted octanol–water partition coefficient (Wildman–Crippen LogP) is 2.91. The summed E-state index contributed by atoms with van der Waals surface area (Å²) in [5.41, 5.74) is 7.92. The Kier molecular flexibility index (Phi) is 6.07. The van der Waals surface area contributed by atoms with Crippen LogP contribution < -0.4 is 30.0 Å². The van der Waals surface area contributed by atoms with E-state index in [4.69, 9.17) is 29.1 Å². The van der Waals surface area contributed by atoms with Gasteiger partial charge in [-0.15, -0.1) is 5.10 Å². The summed E-state index contributed by atoms with van der Waals surface area (Å²) in [6.07, 6.45) is 0. The van der Waals surface area contributed by atoms with E-state index in [1.54, 1.807) is 45.4 Å². The number of fused-ring (bicyclic) bond motifs is 1. The minimum absolute atomic E-state index is 0.0132.